The standard InChI is InChI=1S/C19H17BrClFN2O3/c1-19(2,27)10-24-16-13(7-8-14(21)15(16)22)17(25)23(18(24)26)9-11-3-5-12(20)6-4-11/h3-8,27H,9-10H2,1-2H3. The van der Waals surface area contributed by atoms with Crippen LogP contribution in [0.15, 0.2) is 50.5 Å². The van der Waals surface area contributed by atoms with Gasteiger partial charge in [0, 0.05) is 4.47 Å². The lowest BCUT2D eigenvalue weighted by Crippen LogP contribution is -2.43. The molecule has 0 saturated heterocycles. The molecule has 0 fully saturated rings. The van der Waals surface area contributed by atoms with E-state index in [1.807, 2.05) is 0 Å². The highest BCUT2D eigenvalue weighted by atomic mass is 79.9. The van der Waals surface area contributed by atoms with E-state index in [0.717, 1.165) is 19.2 Å². The molecule has 0 saturated carbocycles. The molecule has 27 heavy (non-hydrogen) atoms. The number of hydrogen-bond donors (Lipinski definition) is 1. The average Bonchev–Trinajstić information content (AvgIpc) is 2.59. The van der Waals surface area contributed by atoms with Gasteiger partial charge < -0.3 is 5.11 Å². The molecule has 3 rings (SSSR count). The maximum Gasteiger partial charge on any atom is 0.331 e. The number of benzene rings is 2. The Morgan fingerprint density at radius 1 is 1.11 bits per heavy atom. The van der Waals surface area contributed by atoms with E-state index in [0.29, 0.717) is 0 Å². The van der Waals surface area contributed by atoms with Crippen molar-refractivity contribution in [1.29, 1.82) is 0 Å². The van der Waals surface area contributed by atoms with Gasteiger partial charge in [0.15, 0.2) is 5.82 Å². The normalized spacial score (nSPS) is 11.9. The SMILES string of the molecule is CC(C)(O)Cn1c(=O)n(Cc2ccc(Br)cc2)c(=O)c2ccc(Cl)c(F)c21. The Hall–Kier alpha value is -1.96. The zero-order valence-electron chi connectivity index (χ0n) is 14.7. The molecule has 0 radical (unpaired) electrons. The van der Waals surface area contributed by atoms with Crippen molar-refractivity contribution in [2.75, 3.05) is 0 Å². The maximum absolute atomic E-state index is 14.7. The minimum atomic E-state index is -1.30. The Labute approximate surface area is 167 Å². The molecule has 2 aromatic carbocycles. The van der Waals surface area contributed by atoms with Crippen LogP contribution in [0.2, 0.25) is 5.02 Å². The molecule has 0 amide bonds. The van der Waals surface area contributed by atoms with Crippen LogP contribution in [0.25, 0.3) is 10.9 Å². The quantitative estimate of drug-likeness (QED) is 0.654. The smallest absolute Gasteiger partial charge is 0.331 e. The fraction of sp³-hybridized carbons (Fsp3) is 0.263. The third-order valence-corrected chi connectivity index (χ3v) is 4.90. The lowest BCUT2D eigenvalue weighted by atomic mass is 10.1. The molecule has 0 unspecified atom stereocenters. The largest absolute Gasteiger partial charge is 0.389 e. The van der Waals surface area contributed by atoms with Crippen LogP contribution in [0, 0.1) is 5.82 Å². The highest BCUT2D eigenvalue weighted by Gasteiger charge is 2.23. The molecular formula is C19H17BrClFN2O3. The first-order chi connectivity index (χ1) is 12.6. The van der Waals surface area contributed by atoms with E-state index in [9.17, 15) is 19.1 Å². The van der Waals surface area contributed by atoms with Crippen LogP contribution in [0.1, 0.15) is 19.4 Å². The maximum atomic E-state index is 14.7. The Balaban J connectivity index is 2.32. The van der Waals surface area contributed by atoms with Gasteiger partial charge in [-0.1, -0.05) is 39.7 Å². The van der Waals surface area contributed by atoms with Crippen molar-refractivity contribution in [3.63, 3.8) is 0 Å². The minimum Gasteiger partial charge on any atom is -0.389 e. The molecule has 0 bridgehead atoms. The van der Waals surface area contributed by atoms with Crippen molar-refractivity contribution in [1.82, 2.24) is 9.13 Å². The van der Waals surface area contributed by atoms with E-state index in [1.54, 1.807) is 24.3 Å². The summed E-state index contributed by atoms with van der Waals surface area (Å²) < 4.78 is 17.6. The predicted molar refractivity (Wildman–Crippen MR) is 107 cm³/mol. The fourth-order valence-electron chi connectivity index (χ4n) is 2.90. The first-order valence-corrected chi connectivity index (χ1v) is 9.34. The van der Waals surface area contributed by atoms with Gasteiger partial charge in [0.1, 0.15) is 0 Å². The highest BCUT2D eigenvalue weighted by molar-refractivity contribution is 9.10. The molecule has 0 aliphatic carbocycles. The molecule has 1 aromatic heterocycles. The van der Waals surface area contributed by atoms with Crippen LogP contribution in [-0.4, -0.2) is 19.8 Å². The predicted octanol–water partition coefficient (Wildman–Crippen LogP) is 3.54. The summed E-state index contributed by atoms with van der Waals surface area (Å²) in [4.78, 5) is 25.9. The third-order valence-electron chi connectivity index (χ3n) is 4.08. The van der Waals surface area contributed by atoms with Crippen molar-refractivity contribution < 1.29 is 9.50 Å². The Morgan fingerprint density at radius 3 is 2.33 bits per heavy atom. The lowest BCUT2D eigenvalue weighted by molar-refractivity contribution is 0.0608. The van der Waals surface area contributed by atoms with Gasteiger partial charge in [-0.3, -0.25) is 13.9 Å². The molecule has 142 valence electrons. The Morgan fingerprint density at radius 2 is 1.74 bits per heavy atom. The van der Waals surface area contributed by atoms with Crippen LogP contribution in [0.4, 0.5) is 4.39 Å². The highest BCUT2D eigenvalue weighted by Crippen LogP contribution is 2.23. The van der Waals surface area contributed by atoms with Gasteiger partial charge in [-0.05, 0) is 43.7 Å². The second kappa shape index (κ2) is 7.22. The van der Waals surface area contributed by atoms with Crippen molar-refractivity contribution in [3.05, 3.63) is 78.1 Å². The average molecular weight is 456 g/mol. The van der Waals surface area contributed by atoms with Crippen LogP contribution in [-0.2, 0) is 13.1 Å². The van der Waals surface area contributed by atoms with E-state index in [2.05, 4.69) is 15.9 Å². The van der Waals surface area contributed by atoms with E-state index in [4.69, 9.17) is 11.6 Å². The first kappa shape index (κ1) is 19.8. The number of rotatable bonds is 4. The number of nitrogens with zero attached hydrogens (tertiary/aromatic N) is 2. The fourth-order valence-corrected chi connectivity index (χ4v) is 3.31. The Kier molecular flexibility index (Phi) is 5.29. The monoisotopic (exact) mass is 454 g/mol. The number of halogens is 3. The molecule has 0 spiro atoms. The van der Waals surface area contributed by atoms with Crippen LogP contribution >= 0.6 is 27.5 Å². The van der Waals surface area contributed by atoms with Crippen LogP contribution in [0.3, 0.4) is 0 Å². The molecule has 0 atom stereocenters. The summed E-state index contributed by atoms with van der Waals surface area (Å²) in [6.45, 7) is 2.83. The summed E-state index contributed by atoms with van der Waals surface area (Å²) in [6, 6.07) is 9.84. The second-order valence-corrected chi connectivity index (χ2v) is 8.28. The van der Waals surface area contributed by atoms with E-state index >= 15 is 0 Å². The number of aromatic nitrogens is 2. The van der Waals surface area contributed by atoms with Crippen LogP contribution in [0.5, 0.6) is 0 Å². The van der Waals surface area contributed by atoms with E-state index in [-0.39, 0.29) is 29.0 Å². The summed E-state index contributed by atoms with van der Waals surface area (Å²) in [5.74, 6) is -0.858. The van der Waals surface area contributed by atoms with Gasteiger partial charge in [-0.2, -0.15) is 0 Å². The minimum absolute atomic E-state index is 0.0248. The van der Waals surface area contributed by atoms with Gasteiger partial charge in [0.05, 0.1) is 34.6 Å². The van der Waals surface area contributed by atoms with Crippen molar-refractivity contribution in [2.24, 2.45) is 0 Å². The molecule has 0 aliphatic rings. The second-order valence-electron chi connectivity index (χ2n) is 6.96. The van der Waals surface area contributed by atoms with Gasteiger partial charge >= 0.3 is 5.69 Å². The van der Waals surface area contributed by atoms with Crippen molar-refractivity contribution in [2.45, 2.75) is 32.5 Å². The lowest BCUT2D eigenvalue weighted by Gasteiger charge is -2.22. The molecule has 8 heteroatoms. The summed E-state index contributed by atoms with van der Waals surface area (Å²) in [5.41, 5.74) is -2.09. The molecule has 5 nitrogen and oxygen atoms in total. The first-order valence-electron chi connectivity index (χ1n) is 8.16. The van der Waals surface area contributed by atoms with Crippen LogP contribution < -0.4 is 11.2 Å². The van der Waals surface area contributed by atoms with E-state index < -0.39 is 22.7 Å². The Bertz CT molecular complexity index is 1130. The van der Waals surface area contributed by atoms with Crippen molar-refractivity contribution >= 4 is 38.4 Å². The number of hydrogen-bond acceptors (Lipinski definition) is 3. The van der Waals surface area contributed by atoms with Gasteiger partial charge in [-0.15, -0.1) is 0 Å². The number of fused-ring (bicyclic) bond motifs is 1. The number of aliphatic hydroxyl groups is 1. The van der Waals surface area contributed by atoms with Crippen molar-refractivity contribution in [3.8, 4) is 0 Å². The summed E-state index contributed by atoms with van der Waals surface area (Å²) in [6.07, 6.45) is 0. The topological polar surface area (TPSA) is 64.2 Å². The molecule has 1 heterocycles. The summed E-state index contributed by atoms with van der Waals surface area (Å²) in [5, 5.41) is 10.0. The molecule has 0 aliphatic heterocycles. The summed E-state index contributed by atoms with van der Waals surface area (Å²) in [7, 11) is 0. The molecule has 3 aromatic rings. The molecular weight excluding hydrogens is 439 g/mol. The zero-order chi connectivity index (χ0) is 19.9. The van der Waals surface area contributed by atoms with Gasteiger partial charge in [0.25, 0.3) is 5.56 Å². The van der Waals surface area contributed by atoms with Gasteiger partial charge in [0.2, 0.25) is 0 Å². The zero-order valence-corrected chi connectivity index (χ0v) is 17.0. The van der Waals surface area contributed by atoms with Gasteiger partial charge in [-0.25, -0.2) is 9.18 Å². The molecule has 1 N–H and O–H groups in total. The summed E-state index contributed by atoms with van der Waals surface area (Å²) >= 11 is 9.19. The third kappa shape index (κ3) is 4.00. The van der Waals surface area contributed by atoms with E-state index in [1.165, 1.54) is 26.0 Å².